The predicted octanol–water partition coefficient (Wildman–Crippen LogP) is 20.1. The highest BCUT2D eigenvalue weighted by atomic mass is 31.2. The van der Waals surface area contributed by atoms with E-state index in [-0.39, 0.29) is 25.7 Å². The number of aliphatic hydroxyl groups is 1. The molecular weight excluding hydrogens is 1190 g/mol. The van der Waals surface area contributed by atoms with Gasteiger partial charge in [0.15, 0.2) is 12.2 Å². The largest absolute Gasteiger partial charge is 0.472 e. The molecule has 0 aromatic heterocycles. The minimum absolute atomic E-state index is 0.101. The van der Waals surface area contributed by atoms with Gasteiger partial charge in [-0.25, -0.2) is 9.13 Å². The predicted molar refractivity (Wildman–Crippen MR) is 363 cm³/mol. The first kappa shape index (κ1) is 88.1. The van der Waals surface area contributed by atoms with Gasteiger partial charge in [0, 0.05) is 25.7 Å². The van der Waals surface area contributed by atoms with Crippen molar-refractivity contribution in [3.63, 3.8) is 0 Å². The van der Waals surface area contributed by atoms with Crippen LogP contribution in [0.25, 0.3) is 0 Å². The normalized spacial score (nSPS) is 14.9. The van der Waals surface area contributed by atoms with Crippen LogP contribution < -0.4 is 0 Å². The molecule has 0 heterocycles. The molecule has 0 aliphatic carbocycles. The summed E-state index contributed by atoms with van der Waals surface area (Å²) in [6.07, 6.45) is 43.6. The zero-order chi connectivity index (χ0) is 66.8. The summed E-state index contributed by atoms with van der Waals surface area (Å²) in [5, 5.41) is 10.6. The van der Waals surface area contributed by atoms with Crippen LogP contribution >= 0.6 is 15.6 Å². The lowest BCUT2D eigenvalue weighted by Crippen LogP contribution is -2.30. The van der Waals surface area contributed by atoms with Crippen LogP contribution in [0.4, 0.5) is 0 Å². The Morgan fingerprint density at radius 3 is 0.789 bits per heavy atom. The summed E-state index contributed by atoms with van der Waals surface area (Å²) >= 11 is 0. The molecule has 7 atom stereocenters. The maximum atomic E-state index is 13.0. The summed E-state index contributed by atoms with van der Waals surface area (Å²) in [4.78, 5) is 72.4. The van der Waals surface area contributed by atoms with Crippen molar-refractivity contribution in [1.82, 2.24) is 0 Å². The maximum absolute atomic E-state index is 13.0. The van der Waals surface area contributed by atoms with Crippen molar-refractivity contribution < 1.29 is 80.2 Å². The Morgan fingerprint density at radius 1 is 0.311 bits per heavy atom. The van der Waals surface area contributed by atoms with Gasteiger partial charge in [-0.05, 0) is 49.4 Å². The van der Waals surface area contributed by atoms with Gasteiger partial charge in [-0.15, -0.1) is 0 Å². The fourth-order valence-electron chi connectivity index (χ4n) is 10.6. The van der Waals surface area contributed by atoms with Crippen LogP contribution in [0.5, 0.6) is 0 Å². The lowest BCUT2D eigenvalue weighted by atomic mass is 9.99. The highest BCUT2D eigenvalue weighted by molar-refractivity contribution is 7.47. The Kier molecular flexibility index (Phi) is 59.4. The first-order valence-corrected chi connectivity index (χ1v) is 39.8. The third-order valence-corrected chi connectivity index (χ3v) is 18.9. The molecule has 0 amide bonds. The van der Waals surface area contributed by atoms with Gasteiger partial charge < -0.3 is 33.8 Å². The second kappa shape index (κ2) is 60.7. The molecule has 0 rings (SSSR count). The Hall–Kier alpha value is -1.94. The third kappa shape index (κ3) is 62.2. The van der Waals surface area contributed by atoms with Crippen molar-refractivity contribution in [2.45, 2.75) is 369 Å². The molecule has 0 aromatic carbocycles. The van der Waals surface area contributed by atoms with Gasteiger partial charge in [0.2, 0.25) is 0 Å². The number of carbonyl (C=O) groups excluding carboxylic acids is 4. The number of phosphoric ester groups is 2. The van der Waals surface area contributed by atoms with Crippen LogP contribution in [0.3, 0.4) is 0 Å². The number of ether oxygens (including phenoxy) is 4. The number of hydrogen-bond donors (Lipinski definition) is 3. The Labute approximate surface area is 549 Å². The first-order chi connectivity index (χ1) is 43.2. The molecular formula is C71H138O17P2. The van der Waals surface area contributed by atoms with Crippen LogP contribution in [0.1, 0.15) is 351 Å². The van der Waals surface area contributed by atoms with Crippen molar-refractivity contribution in [1.29, 1.82) is 0 Å². The maximum Gasteiger partial charge on any atom is 0.472 e. The van der Waals surface area contributed by atoms with E-state index in [1.54, 1.807) is 0 Å². The minimum atomic E-state index is -4.95. The summed E-state index contributed by atoms with van der Waals surface area (Å²) in [6, 6.07) is 0. The van der Waals surface area contributed by atoms with Crippen molar-refractivity contribution >= 4 is 39.5 Å². The van der Waals surface area contributed by atoms with E-state index in [4.69, 9.17) is 37.0 Å². The number of unbranched alkanes of at least 4 members (excludes halogenated alkanes) is 32. The molecule has 90 heavy (non-hydrogen) atoms. The van der Waals surface area contributed by atoms with Gasteiger partial charge in [-0.2, -0.15) is 0 Å². The first-order valence-electron chi connectivity index (χ1n) is 36.8. The molecule has 4 unspecified atom stereocenters. The molecule has 0 aromatic rings. The van der Waals surface area contributed by atoms with Gasteiger partial charge in [-0.3, -0.25) is 37.3 Å². The van der Waals surface area contributed by atoms with E-state index in [1.807, 2.05) is 0 Å². The van der Waals surface area contributed by atoms with Crippen LogP contribution in [-0.4, -0.2) is 96.7 Å². The fraction of sp³-hybridized carbons (Fsp3) is 0.944. The topological polar surface area (TPSA) is 237 Å². The standard InChI is InChI=1S/C71H138O17P2/c1-9-63(7)49-41-33-23-21-19-17-15-13-11-12-14-16-18-20-22-24-37-45-53-70(75)87-66(57-81-68(73)51-43-35-28-25-31-39-47-61(3)4)59-85-89(77,78)83-55-65(72)56-84-90(79,80)86-60-67(88-71(76)54-46-38-29-26-32-40-48-62(5)6)58-82-69(74)52-44-36-30-27-34-42-50-64(8)10-2/h61-67,72H,9-60H2,1-8H3,(H,77,78)(H,79,80)/t63?,64?,65-,66+,67+/m0/s1. The number of carbonyl (C=O) groups is 4. The van der Waals surface area contributed by atoms with E-state index in [0.29, 0.717) is 37.5 Å². The van der Waals surface area contributed by atoms with Crippen molar-refractivity contribution in [3.8, 4) is 0 Å². The molecule has 0 aliphatic heterocycles. The van der Waals surface area contributed by atoms with Crippen LogP contribution in [0, 0.1) is 23.7 Å². The molecule has 0 fully saturated rings. The highest BCUT2D eigenvalue weighted by Crippen LogP contribution is 2.45. The quantitative estimate of drug-likeness (QED) is 0.0222. The van der Waals surface area contributed by atoms with E-state index < -0.39 is 97.5 Å². The number of rotatable bonds is 68. The summed E-state index contributed by atoms with van der Waals surface area (Å²) in [5.74, 6) is 0.813. The fourth-order valence-corrected chi connectivity index (χ4v) is 12.2. The second-order valence-electron chi connectivity index (χ2n) is 27.1. The van der Waals surface area contributed by atoms with E-state index in [1.165, 1.54) is 141 Å². The Balaban J connectivity index is 5.12. The molecule has 3 N–H and O–H groups in total. The smallest absolute Gasteiger partial charge is 0.462 e. The summed E-state index contributed by atoms with van der Waals surface area (Å²) in [5.41, 5.74) is 0. The van der Waals surface area contributed by atoms with Gasteiger partial charge >= 0.3 is 39.5 Å². The number of aliphatic hydroxyl groups excluding tert-OH is 1. The number of hydrogen-bond acceptors (Lipinski definition) is 15. The third-order valence-electron chi connectivity index (χ3n) is 17.0. The molecule has 0 saturated heterocycles. The van der Waals surface area contributed by atoms with Gasteiger partial charge in [-0.1, -0.05) is 299 Å². The minimum Gasteiger partial charge on any atom is -0.462 e. The van der Waals surface area contributed by atoms with Crippen molar-refractivity contribution in [2.75, 3.05) is 39.6 Å². The molecule has 0 radical (unpaired) electrons. The average Bonchev–Trinajstić information content (AvgIpc) is 3.68. The van der Waals surface area contributed by atoms with E-state index in [2.05, 4.69) is 55.4 Å². The van der Waals surface area contributed by atoms with Gasteiger partial charge in [0.1, 0.15) is 19.3 Å². The molecule has 534 valence electrons. The Bertz CT molecular complexity index is 1790. The van der Waals surface area contributed by atoms with Gasteiger partial charge in [0.05, 0.1) is 26.4 Å². The summed E-state index contributed by atoms with van der Waals surface area (Å²) < 4.78 is 68.1. The van der Waals surface area contributed by atoms with E-state index >= 15 is 0 Å². The Morgan fingerprint density at radius 2 is 0.533 bits per heavy atom. The molecule has 0 spiro atoms. The zero-order valence-corrected chi connectivity index (χ0v) is 60.6. The molecule has 19 heteroatoms. The zero-order valence-electron chi connectivity index (χ0n) is 58.8. The SMILES string of the molecule is CCC(C)CCCCCCCCCCCCCCCCCCCCC(=O)O[C@H](COC(=O)CCCCCCCCC(C)C)COP(=O)(O)OC[C@H](O)COP(=O)(O)OC[C@@H](COC(=O)CCCCCCCCC(C)CC)OC(=O)CCCCCCCCC(C)C. The van der Waals surface area contributed by atoms with E-state index in [0.717, 1.165) is 115 Å². The van der Waals surface area contributed by atoms with Crippen LogP contribution in [0.15, 0.2) is 0 Å². The lowest BCUT2D eigenvalue weighted by Gasteiger charge is -2.21. The highest BCUT2D eigenvalue weighted by Gasteiger charge is 2.30. The molecule has 0 saturated carbocycles. The molecule has 0 bridgehead atoms. The lowest BCUT2D eigenvalue weighted by molar-refractivity contribution is -0.161. The van der Waals surface area contributed by atoms with Crippen molar-refractivity contribution in [2.24, 2.45) is 23.7 Å². The second-order valence-corrected chi connectivity index (χ2v) is 30.0. The average molecular weight is 1330 g/mol. The van der Waals surface area contributed by atoms with E-state index in [9.17, 15) is 43.2 Å². The summed E-state index contributed by atoms with van der Waals surface area (Å²) in [6.45, 7) is 14.0. The van der Waals surface area contributed by atoms with Crippen LogP contribution in [0.2, 0.25) is 0 Å². The number of phosphoric acid groups is 2. The summed E-state index contributed by atoms with van der Waals surface area (Å²) in [7, 11) is -9.90. The molecule has 0 aliphatic rings. The van der Waals surface area contributed by atoms with Crippen molar-refractivity contribution in [3.05, 3.63) is 0 Å². The van der Waals surface area contributed by atoms with Crippen LogP contribution in [-0.2, 0) is 65.4 Å². The van der Waals surface area contributed by atoms with Gasteiger partial charge in [0.25, 0.3) is 0 Å². The monoisotopic (exact) mass is 1320 g/mol. The molecule has 17 nitrogen and oxygen atoms in total. The number of esters is 4.